The second-order valence-electron chi connectivity index (χ2n) is 10.6. The summed E-state index contributed by atoms with van der Waals surface area (Å²) in [5.74, 6) is -5.82. The summed E-state index contributed by atoms with van der Waals surface area (Å²) in [6, 6.07) is 13.0. The van der Waals surface area contributed by atoms with Gasteiger partial charge in [-0.3, -0.25) is 0 Å². The van der Waals surface area contributed by atoms with Crippen LogP contribution >= 0.6 is 11.8 Å². The van der Waals surface area contributed by atoms with E-state index >= 15 is 0 Å². The summed E-state index contributed by atoms with van der Waals surface area (Å²) in [7, 11) is 0. The van der Waals surface area contributed by atoms with Gasteiger partial charge in [-0.25, -0.2) is 27.2 Å². The zero-order chi connectivity index (χ0) is 32.2. The molecule has 1 aliphatic heterocycles. The van der Waals surface area contributed by atoms with Crippen LogP contribution in [0.5, 0.6) is 5.75 Å². The Kier molecular flexibility index (Phi) is 10.1. The molecule has 0 spiro atoms. The van der Waals surface area contributed by atoms with Crippen molar-refractivity contribution in [1.29, 1.82) is 0 Å². The van der Waals surface area contributed by atoms with Crippen molar-refractivity contribution in [2.24, 2.45) is 0 Å². The van der Waals surface area contributed by atoms with E-state index < -0.39 is 47.7 Å². The van der Waals surface area contributed by atoms with Crippen molar-refractivity contribution < 1.29 is 45.7 Å². The molecule has 1 aromatic heterocycles. The van der Waals surface area contributed by atoms with Crippen LogP contribution in [0.3, 0.4) is 0 Å². The van der Waals surface area contributed by atoms with Crippen LogP contribution in [0.1, 0.15) is 18.1 Å². The van der Waals surface area contributed by atoms with E-state index in [1.807, 2.05) is 6.07 Å². The zero-order valence-corrected chi connectivity index (χ0v) is 24.6. The van der Waals surface area contributed by atoms with Crippen molar-refractivity contribution in [3.8, 4) is 5.75 Å². The van der Waals surface area contributed by atoms with Gasteiger partial charge in [-0.15, -0.1) is 11.8 Å². The van der Waals surface area contributed by atoms with Crippen molar-refractivity contribution in [3.63, 3.8) is 0 Å². The fourth-order valence-electron chi connectivity index (χ4n) is 4.79. The number of ether oxygens (including phenoxy) is 3. The Hall–Kier alpha value is -3.59. The third-order valence-electron chi connectivity index (χ3n) is 7.26. The van der Waals surface area contributed by atoms with Gasteiger partial charge in [0, 0.05) is 16.9 Å². The summed E-state index contributed by atoms with van der Waals surface area (Å²) in [6.07, 6.45) is 1.76. The number of hydrogen-bond donors (Lipinski definition) is 1. The molecule has 1 N–H and O–H groups in total. The monoisotopic (exact) mass is 653 g/mol. The van der Waals surface area contributed by atoms with Crippen LogP contribution in [-0.4, -0.2) is 68.8 Å². The number of aromatic nitrogens is 3. The van der Waals surface area contributed by atoms with Crippen LogP contribution in [0.15, 0.2) is 73.3 Å². The van der Waals surface area contributed by atoms with Gasteiger partial charge in [0.05, 0.1) is 25.0 Å². The molecule has 45 heavy (non-hydrogen) atoms. The standard InChI is InChI=1S/C31H29F6N3O4S/c1-19(30(41,15-40-18-38-17-39-40)26-8-6-23(32)12-27(26)33)45-25-13-42-28(43-14-25)9-3-20-2-4-22-11-24(7-5-21(22)10-20)44-16-31(36,37)29(34)35/h2-12,17-19,25,28-29,41H,13-16H2,1H3/b9-3+/t19-,25?,28?,30-/m1/s1. The molecule has 2 heterocycles. The molecule has 1 aliphatic rings. The highest BCUT2D eigenvalue weighted by Crippen LogP contribution is 2.39. The molecule has 4 aromatic rings. The number of alkyl halides is 4. The molecule has 5 rings (SSSR count). The van der Waals surface area contributed by atoms with E-state index in [2.05, 4.69) is 10.1 Å². The van der Waals surface area contributed by atoms with Gasteiger partial charge in [0.25, 0.3) is 0 Å². The van der Waals surface area contributed by atoms with Crippen molar-refractivity contribution >= 4 is 28.6 Å². The molecule has 2 atom stereocenters. The number of fused-ring (bicyclic) bond motifs is 1. The first kappa shape index (κ1) is 32.8. The lowest BCUT2D eigenvalue weighted by Crippen LogP contribution is -2.43. The first-order chi connectivity index (χ1) is 21.4. The van der Waals surface area contributed by atoms with Crippen LogP contribution < -0.4 is 4.74 Å². The van der Waals surface area contributed by atoms with Crippen LogP contribution in [-0.2, 0) is 21.6 Å². The van der Waals surface area contributed by atoms with E-state index in [0.717, 1.165) is 23.1 Å². The number of halogens is 6. The predicted molar refractivity (Wildman–Crippen MR) is 156 cm³/mol. The summed E-state index contributed by atoms with van der Waals surface area (Å²) in [5, 5.41) is 16.4. The van der Waals surface area contributed by atoms with E-state index in [1.54, 1.807) is 37.3 Å². The summed E-state index contributed by atoms with van der Waals surface area (Å²) >= 11 is 1.35. The lowest BCUT2D eigenvalue weighted by atomic mass is 9.90. The Balaban J connectivity index is 1.18. The predicted octanol–water partition coefficient (Wildman–Crippen LogP) is 6.45. The topological polar surface area (TPSA) is 78.6 Å². The first-order valence-corrected chi connectivity index (χ1v) is 14.8. The largest absolute Gasteiger partial charge is 0.487 e. The van der Waals surface area contributed by atoms with Crippen molar-refractivity contribution in [2.75, 3.05) is 19.8 Å². The second kappa shape index (κ2) is 13.8. The normalized spacial score (nSPS) is 19.7. The van der Waals surface area contributed by atoms with Crippen molar-refractivity contribution in [3.05, 3.63) is 96.1 Å². The molecule has 0 saturated carbocycles. The highest BCUT2D eigenvalue weighted by Gasteiger charge is 2.42. The number of nitrogens with zero attached hydrogens (tertiary/aromatic N) is 3. The number of aliphatic hydroxyl groups is 1. The van der Waals surface area contributed by atoms with Gasteiger partial charge in [-0.2, -0.15) is 13.9 Å². The summed E-state index contributed by atoms with van der Waals surface area (Å²) in [6.45, 7) is 0.760. The van der Waals surface area contributed by atoms with Gasteiger partial charge in [0.15, 0.2) is 12.9 Å². The first-order valence-electron chi connectivity index (χ1n) is 13.8. The van der Waals surface area contributed by atoms with E-state index in [-0.39, 0.29) is 36.3 Å². The molecule has 0 aliphatic carbocycles. The van der Waals surface area contributed by atoms with Gasteiger partial charge in [0.1, 0.15) is 35.6 Å². The molecule has 7 nitrogen and oxygen atoms in total. The summed E-state index contributed by atoms with van der Waals surface area (Å²) < 4.78 is 97.5. The highest BCUT2D eigenvalue weighted by molar-refractivity contribution is 8.00. The molecule has 3 aromatic carbocycles. The van der Waals surface area contributed by atoms with Gasteiger partial charge in [-0.1, -0.05) is 37.3 Å². The van der Waals surface area contributed by atoms with Crippen molar-refractivity contribution in [2.45, 2.75) is 48.2 Å². The fourth-order valence-corrected chi connectivity index (χ4v) is 6.11. The van der Waals surface area contributed by atoms with Crippen molar-refractivity contribution in [1.82, 2.24) is 14.8 Å². The molecule has 0 amide bonds. The fraction of sp³-hybridized carbons (Fsp3) is 0.355. The van der Waals surface area contributed by atoms with Crippen LogP contribution in [0.4, 0.5) is 26.3 Å². The molecular formula is C31H29F6N3O4S. The van der Waals surface area contributed by atoms with Crippen LogP contribution in [0, 0.1) is 11.6 Å². The van der Waals surface area contributed by atoms with E-state index in [1.165, 1.54) is 47.3 Å². The SMILES string of the molecule is C[C@@H](SC1COC(/C=C/c2ccc3cc(OCC(F)(F)C(F)F)ccc3c2)OC1)[C@](O)(Cn1cncn1)c1ccc(F)cc1F. The molecule has 240 valence electrons. The molecule has 1 fully saturated rings. The second-order valence-corrected chi connectivity index (χ2v) is 12.2. The number of benzene rings is 3. The van der Waals surface area contributed by atoms with E-state index in [9.17, 15) is 31.4 Å². The Morgan fingerprint density at radius 2 is 1.80 bits per heavy atom. The average Bonchev–Trinajstić information content (AvgIpc) is 3.52. The Morgan fingerprint density at radius 3 is 2.49 bits per heavy atom. The van der Waals surface area contributed by atoms with Crippen LogP contribution in [0.2, 0.25) is 0 Å². The summed E-state index contributed by atoms with van der Waals surface area (Å²) in [5.41, 5.74) is -1.02. The minimum Gasteiger partial charge on any atom is -0.487 e. The van der Waals surface area contributed by atoms with Gasteiger partial charge < -0.3 is 19.3 Å². The minimum absolute atomic E-state index is 0.0523. The highest BCUT2D eigenvalue weighted by atomic mass is 32.2. The Morgan fingerprint density at radius 1 is 1.07 bits per heavy atom. The molecule has 14 heteroatoms. The summed E-state index contributed by atoms with van der Waals surface area (Å²) in [4.78, 5) is 3.88. The van der Waals surface area contributed by atoms with Gasteiger partial charge in [-0.05, 0) is 46.7 Å². The molecule has 0 bridgehead atoms. The van der Waals surface area contributed by atoms with E-state index in [0.29, 0.717) is 5.39 Å². The lowest BCUT2D eigenvalue weighted by molar-refractivity contribution is -0.148. The molecule has 0 radical (unpaired) electrons. The maximum Gasteiger partial charge on any atom is 0.340 e. The lowest BCUT2D eigenvalue weighted by Gasteiger charge is -2.37. The smallest absolute Gasteiger partial charge is 0.340 e. The Bertz CT molecular complexity index is 1620. The number of rotatable bonds is 12. The molecular weight excluding hydrogens is 624 g/mol. The maximum absolute atomic E-state index is 14.8. The molecule has 1 saturated heterocycles. The number of hydrogen-bond acceptors (Lipinski definition) is 7. The third kappa shape index (κ3) is 7.98. The van der Waals surface area contributed by atoms with E-state index in [4.69, 9.17) is 14.2 Å². The average molecular weight is 654 g/mol. The van der Waals surface area contributed by atoms with Gasteiger partial charge in [0.2, 0.25) is 0 Å². The quantitative estimate of drug-likeness (QED) is 0.176. The maximum atomic E-state index is 14.8. The number of thioether (sulfide) groups is 1. The Labute approximate surface area is 258 Å². The van der Waals surface area contributed by atoms with Gasteiger partial charge >= 0.3 is 12.3 Å². The zero-order valence-electron chi connectivity index (χ0n) is 23.8. The third-order valence-corrected chi connectivity index (χ3v) is 8.72. The molecule has 0 unspecified atom stereocenters. The van der Waals surface area contributed by atoms with Crippen LogP contribution in [0.25, 0.3) is 16.8 Å². The minimum atomic E-state index is -4.24.